The molecular formula is C14H10INO. The van der Waals surface area contributed by atoms with Gasteiger partial charge in [0.2, 0.25) is 0 Å². The van der Waals surface area contributed by atoms with Crippen LogP contribution in [-0.4, -0.2) is 5.91 Å². The number of carbonyl (C=O) groups excluding carboxylic acids is 1. The molecule has 2 aromatic carbocycles. The van der Waals surface area contributed by atoms with E-state index in [9.17, 15) is 4.79 Å². The van der Waals surface area contributed by atoms with Crippen LogP contribution in [0, 0.1) is 3.57 Å². The van der Waals surface area contributed by atoms with Gasteiger partial charge in [0.15, 0.2) is 0 Å². The molecule has 1 amide bonds. The van der Waals surface area contributed by atoms with Gasteiger partial charge in [0.05, 0.1) is 6.54 Å². The number of rotatable bonds is 1. The minimum absolute atomic E-state index is 0.0996. The highest BCUT2D eigenvalue weighted by Crippen LogP contribution is 2.28. The van der Waals surface area contributed by atoms with Crippen LogP contribution in [0.3, 0.4) is 0 Å². The van der Waals surface area contributed by atoms with Crippen molar-refractivity contribution in [2.45, 2.75) is 6.54 Å². The molecule has 17 heavy (non-hydrogen) atoms. The largest absolute Gasteiger partial charge is 0.304 e. The Hall–Kier alpha value is -1.36. The third-order valence-electron chi connectivity index (χ3n) is 2.94. The summed E-state index contributed by atoms with van der Waals surface area (Å²) in [4.78, 5) is 14.1. The minimum atomic E-state index is 0.0996. The molecule has 0 fully saturated rings. The quantitative estimate of drug-likeness (QED) is 0.731. The summed E-state index contributed by atoms with van der Waals surface area (Å²) in [7, 11) is 0. The van der Waals surface area contributed by atoms with Crippen LogP contribution >= 0.6 is 22.6 Å². The maximum atomic E-state index is 12.2. The molecule has 2 aromatic rings. The molecule has 0 atom stereocenters. The predicted molar refractivity (Wildman–Crippen MR) is 76.1 cm³/mol. The van der Waals surface area contributed by atoms with Gasteiger partial charge in [-0.1, -0.05) is 24.3 Å². The maximum absolute atomic E-state index is 12.2. The molecule has 3 heteroatoms. The fourth-order valence-corrected chi connectivity index (χ4v) is 2.63. The van der Waals surface area contributed by atoms with E-state index in [4.69, 9.17) is 0 Å². The van der Waals surface area contributed by atoms with Gasteiger partial charge in [-0.15, -0.1) is 0 Å². The number of anilines is 1. The molecule has 1 aliphatic rings. The average Bonchev–Trinajstić information content (AvgIpc) is 2.68. The van der Waals surface area contributed by atoms with E-state index in [2.05, 4.69) is 22.6 Å². The van der Waals surface area contributed by atoms with Crippen LogP contribution < -0.4 is 4.90 Å². The number of fused-ring (bicyclic) bond motifs is 1. The van der Waals surface area contributed by atoms with Gasteiger partial charge in [0.25, 0.3) is 5.91 Å². The average molecular weight is 335 g/mol. The summed E-state index contributed by atoms with van der Waals surface area (Å²) >= 11 is 2.26. The first-order valence-electron chi connectivity index (χ1n) is 5.41. The standard InChI is InChI=1S/C14H10INO/c15-11-5-3-6-12(8-11)16-9-10-4-1-2-7-13(10)14(16)17/h1-8H,9H2. The Morgan fingerprint density at radius 3 is 2.65 bits per heavy atom. The SMILES string of the molecule is O=C1c2ccccc2CN1c1cccc(I)c1. The van der Waals surface area contributed by atoms with Gasteiger partial charge < -0.3 is 4.90 Å². The number of nitrogens with zero attached hydrogens (tertiary/aromatic N) is 1. The highest BCUT2D eigenvalue weighted by atomic mass is 127. The molecule has 0 saturated carbocycles. The van der Waals surface area contributed by atoms with Crippen molar-refractivity contribution >= 4 is 34.2 Å². The molecule has 0 aromatic heterocycles. The fourth-order valence-electron chi connectivity index (χ4n) is 2.11. The van der Waals surface area contributed by atoms with Crippen LogP contribution in [0.1, 0.15) is 15.9 Å². The van der Waals surface area contributed by atoms with Crippen LogP contribution in [0.5, 0.6) is 0 Å². The number of halogens is 1. The van der Waals surface area contributed by atoms with Crippen LogP contribution in [0.2, 0.25) is 0 Å². The highest BCUT2D eigenvalue weighted by Gasteiger charge is 2.27. The fraction of sp³-hybridized carbons (Fsp3) is 0.0714. The van der Waals surface area contributed by atoms with Crippen LogP contribution in [-0.2, 0) is 6.54 Å². The lowest BCUT2D eigenvalue weighted by molar-refractivity contribution is 0.0996. The van der Waals surface area contributed by atoms with Crippen molar-refractivity contribution in [3.8, 4) is 0 Å². The lowest BCUT2D eigenvalue weighted by atomic mass is 10.1. The second kappa shape index (κ2) is 4.14. The summed E-state index contributed by atoms with van der Waals surface area (Å²) < 4.78 is 1.14. The summed E-state index contributed by atoms with van der Waals surface area (Å²) in [6.07, 6.45) is 0. The van der Waals surface area contributed by atoms with E-state index in [1.165, 1.54) is 0 Å². The van der Waals surface area contributed by atoms with Gasteiger partial charge in [-0.25, -0.2) is 0 Å². The summed E-state index contributed by atoms with van der Waals surface area (Å²) in [5.41, 5.74) is 2.90. The van der Waals surface area contributed by atoms with Crippen molar-refractivity contribution in [2.75, 3.05) is 4.90 Å². The number of amides is 1. The Kier molecular flexibility index (Phi) is 2.63. The second-order valence-corrected chi connectivity index (χ2v) is 5.27. The van der Waals surface area contributed by atoms with Crippen LogP contribution in [0.25, 0.3) is 0 Å². The molecule has 0 aliphatic carbocycles. The zero-order valence-corrected chi connectivity index (χ0v) is 11.2. The molecule has 1 heterocycles. The molecule has 0 saturated heterocycles. The zero-order valence-electron chi connectivity index (χ0n) is 9.06. The van der Waals surface area contributed by atoms with Crippen molar-refractivity contribution in [3.63, 3.8) is 0 Å². The molecule has 0 spiro atoms. The first-order chi connectivity index (χ1) is 8.25. The summed E-state index contributed by atoms with van der Waals surface area (Å²) in [5, 5.41) is 0. The van der Waals surface area contributed by atoms with Gasteiger partial charge >= 0.3 is 0 Å². The van der Waals surface area contributed by atoms with Gasteiger partial charge in [0.1, 0.15) is 0 Å². The number of hydrogen-bond donors (Lipinski definition) is 0. The van der Waals surface area contributed by atoms with E-state index >= 15 is 0 Å². The Morgan fingerprint density at radius 2 is 1.88 bits per heavy atom. The second-order valence-electron chi connectivity index (χ2n) is 4.03. The molecule has 0 bridgehead atoms. The topological polar surface area (TPSA) is 20.3 Å². The molecule has 84 valence electrons. The molecule has 1 aliphatic heterocycles. The normalized spacial score (nSPS) is 13.9. The summed E-state index contributed by atoms with van der Waals surface area (Å²) in [6.45, 7) is 0.676. The van der Waals surface area contributed by atoms with Crippen molar-refractivity contribution in [3.05, 3.63) is 63.2 Å². The molecule has 0 N–H and O–H groups in total. The van der Waals surface area contributed by atoms with E-state index in [1.54, 1.807) is 0 Å². The van der Waals surface area contributed by atoms with E-state index in [1.807, 2.05) is 53.4 Å². The van der Waals surface area contributed by atoms with E-state index in [0.717, 1.165) is 20.4 Å². The van der Waals surface area contributed by atoms with Crippen molar-refractivity contribution < 1.29 is 4.79 Å². The molecular weight excluding hydrogens is 325 g/mol. The van der Waals surface area contributed by atoms with Gasteiger partial charge in [-0.3, -0.25) is 4.79 Å². The monoisotopic (exact) mass is 335 g/mol. The third kappa shape index (κ3) is 1.84. The number of benzene rings is 2. The molecule has 3 rings (SSSR count). The predicted octanol–water partition coefficient (Wildman–Crippen LogP) is 3.45. The van der Waals surface area contributed by atoms with Crippen molar-refractivity contribution in [2.24, 2.45) is 0 Å². The van der Waals surface area contributed by atoms with Crippen molar-refractivity contribution in [1.82, 2.24) is 0 Å². The van der Waals surface area contributed by atoms with Gasteiger partial charge in [-0.05, 0) is 52.4 Å². The first-order valence-corrected chi connectivity index (χ1v) is 6.49. The third-order valence-corrected chi connectivity index (χ3v) is 3.61. The molecule has 0 unspecified atom stereocenters. The number of carbonyl (C=O) groups is 1. The zero-order chi connectivity index (χ0) is 11.8. The van der Waals surface area contributed by atoms with Gasteiger partial charge in [0, 0.05) is 14.8 Å². The van der Waals surface area contributed by atoms with Gasteiger partial charge in [-0.2, -0.15) is 0 Å². The Labute approximate surface area is 113 Å². The smallest absolute Gasteiger partial charge is 0.258 e. The summed E-state index contributed by atoms with van der Waals surface area (Å²) in [6, 6.07) is 15.8. The first kappa shape index (κ1) is 10.8. The lowest BCUT2D eigenvalue weighted by Crippen LogP contribution is -2.22. The minimum Gasteiger partial charge on any atom is -0.304 e. The van der Waals surface area contributed by atoms with Crippen LogP contribution in [0.15, 0.2) is 48.5 Å². The Balaban J connectivity index is 2.02. The van der Waals surface area contributed by atoms with E-state index in [-0.39, 0.29) is 5.91 Å². The van der Waals surface area contributed by atoms with Crippen molar-refractivity contribution in [1.29, 1.82) is 0 Å². The summed E-state index contributed by atoms with van der Waals surface area (Å²) in [5.74, 6) is 0.0996. The van der Waals surface area contributed by atoms with E-state index in [0.29, 0.717) is 6.54 Å². The Morgan fingerprint density at radius 1 is 1.06 bits per heavy atom. The van der Waals surface area contributed by atoms with Crippen LogP contribution in [0.4, 0.5) is 5.69 Å². The number of hydrogen-bond acceptors (Lipinski definition) is 1. The molecule has 2 nitrogen and oxygen atoms in total. The molecule has 0 radical (unpaired) electrons. The highest BCUT2D eigenvalue weighted by molar-refractivity contribution is 14.1. The maximum Gasteiger partial charge on any atom is 0.258 e. The Bertz CT molecular complexity index is 594. The van der Waals surface area contributed by atoms with E-state index < -0.39 is 0 Å². The lowest BCUT2D eigenvalue weighted by Gasteiger charge is -2.15.